The number of carboxylic acid groups (broad SMARTS) is 1. The number of carboxylic acids is 1. The van der Waals surface area contributed by atoms with Crippen molar-refractivity contribution in [3.05, 3.63) is 105 Å². The van der Waals surface area contributed by atoms with Crippen molar-refractivity contribution in [1.82, 2.24) is 4.90 Å². The molecule has 1 amide bonds. The average Bonchev–Trinajstić information content (AvgIpc) is 2.87. The minimum atomic E-state index is -1.16. The lowest BCUT2D eigenvalue weighted by atomic mass is 9.88. The van der Waals surface area contributed by atoms with Crippen LogP contribution in [-0.4, -0.2) is 34.0 Å². The van der Waals surface area contributed by atoms with Gasteiger partial charge in [-0.15, -0.1) is 0 Å². The van der Waals surface area contributed by atoms with E-state index in [1.807, 2.05) is 6.92 Å². The van der Waals surface area contributed by atoms with Crippen LogP contribution in [0.3, 0.4) is 0 Å². The Hall–Kier alpha value is -3.00. The molecule has 0 aliphatic carbocycles. The maximum atomic E-state index is 14.6. The summed E-state index contributed by atoms with van der Waals surface area (Å²) in [6, 6.07) is 14.5. The lowest BCUT2D eigenvalue weighted by molar-refractivity contribution is -0.184. The van der Waals surface area contributed by atoms with E-state index in [2.05, 4.69) is 0 Å². The van der Waals surface area contributed by atoms with E-state index in [-0.39, 0.29) is 17.9 Å². The molecule has 0 saturated carbocycles. The van der Waals surface area contributed by atoms with Crippen LogP contribution in [0, 0.1) is 11.6 Å². The second-order valence-electron chi connectivity index (χ2n) is 8.93. The molecule has 3 aromatic carbocycles. The fourth-order valence-corrected chi connectivity index (χ4v) is 4.92. The fourth-order valence-electron chi connectivity index (χ4n) is 4.68. The number of morpholine rings is 1. The number of halogens is 4. The van der Waals surface area contributed by atoms with E-state index in [1.165, 1.54) is 29.2 Å². The van der Waals surface area contributed by atoms with Gasteiger partial charge in [0.1, 0.15) is 29.9 Å². The smallest absolute Gasteiger partial charge is 0.326 e. The summed E-state index contributed by atoms with van der Waals surface area (Å²) in [4.78, 5) is 27.7. The summed E-state index contributed by atoms with van der Waals surface area (Å²) >= 11 is 12.0. The molecule has 0 unspecified atom stereocenters. The molecule has 1 N–H and O–H groups in total. The summed E-state index contributed by atoms with van der Waals surface area (Å²) in [6.45, 7) is 1.83. The van der Waals surface area contributed by atoms with Crippen LogP contribution in [0.1, 0.15) is 48.6 Å². The van der Waals surface area contributed by atoms with Gasteiger partial charge in [-0.1, -0.05) is 66.9 Å². The monoisotopic (exact) mass is 547 g/mol. The standard InChI is InChI=1S/C28H25Cl2F2NO4/c1-2-3-23(28(35)36)33-25(17-6-9-19(29)10-7-17)26(18-8-13-21(30)22(32)15-18)37-24(27(33)34)14-16-4-11-20(31)12-5-16/h4-13,15,23-26H,2-3,14H2,1H3,(H,35,36)/t23-,24+,25-,26+/m0/s1. The van der Waals surface area contributed by atoms with Gasteiger partial charge >= 0.3 is 5.97 Å². The molecule has 1 heterocycles. The molecule has 0 bridgehead atoms. The zero-order valence-corrected chi connectivity index (χ0v) is 21.4. The van der Waals surface area contributed by atoms with Gasteiger partial charge in [0, 0.05) is 11.4 Å². The first kappa shape index (κ1) is 27.0. The number of aliphatic carboxylic acids is 1. The van der Waals surface area contributed by atoms with Gasteiger partial charge in [0.25, 0.3) is 5.91 Å². The molecule has 5 nitrogen and oxygen atoms in total. The van der Waals surface area contributed by atoms with Crippen molar-refractivity contribution in [3.8, 4) is 0 Å². The van der Waals surface area contributed by atoms with Crippen molar-refractivity contribution in [2.24, 2.45) is 0 Å². The van der Waals surface area contributed by atoms with Gasteiger partial charge in [-0.3, -0.25) is 4.79 Å². The Morgan fingerprint density at radius 2 is 1.68 bits per heavy atom. The highest BCUT2D eigenvalue weighted by Gasteiger charge is 2.48. The summed E-state index contributed by atoms with van der Waals surface area (Å²) in [5.41, 5.74) is 1.61. The molecule has 1 fully saturated rings. The first-order chi connectivity index (χ1) is 17.7. The van der Waals surface area contributed by atoms with Gasteiger partial charge in [-0.25, -0.2) is 13.6 Å². The maximum Gasteiger partial charge on any atom is 0.326 e. The molecular formula is C28H25Cl2F2NO4. The molecule has 1 aliphatic heterocycles. The van der Waals surface area contributed by atoms with Crippen LogP contribution in [0.2, 0.25) is 10.0 Å². The Bertz CT molecular complexity index is 1270. The van der Waals surface area contributed by atoms with Crippen LogP contribution >= 0.6 is 23.2 Å². The second-order valence-corrected chi connectivity index (χ2v) is 9.78. The van der Waals surface area contributed by atoms with Gasteiger partial charge in [0.05, 0.1) is 11.1 Å². The molecule has 37 heavy (non-hydrogen) atoms. The number of hydrogen-bond acceptors (Lipinski definition) is 3. The molecule has 0 radical (unpaired) electrons. The molecule has 4 rings (SSSR count). The molecule has 0 spiro atoms. The number of ether oxygens (including phenoxy) is 1. The lowest BCUT2D eigenvalue weighted by Crippen LogP contribution is -2.57. The first-order valence-electron chi connectivity index (χ1n) is 11.8. The van der Waals surface area contributed by atoms with Crippen molar-refractivity contribution in [3.63, 3.8) is 0 Å². The number of benzene rings is 3. The normalized spacial score (nSPS) is 20.6. The van der Waals surface area contributed by atoms with Crippen molar-refractivity contribution >= 4 is 35.1 Å². The molecule has 0 aromatic heterocycles. The van der Waals surface area contributed by atoms with Crippen molar-refractivity contribution in [1.29, 1.82) is 0 Å². The Balaban J connectivity index is 1.87. The highest BCUT2D eigenvalue weighted by Crippen LogP contribution is 2.44. The third-order valence-electron chi connectivity index (χ3n) is 6.43. The number of amides is 1. The molecule has 4 atom stereocenters. The number of rotatable bonds is 8. The SMILES string of the molecule is CCC[C@@H](C(=O)O)N1C(=O)[C@@H](Cc2ccc(F)cc2)O[C@H](c2ccc(Cl)c(F)c2)[C@@H]1c1ccc(Cl)cc1. The van der Waals surface area contributed by atoms with E-state index in [1.54, 1.807) is 42.5 Å². The molecule has 3 aromatic rings. The molecule has 1 saturated heterocycles. The second kappa shape index (κ2) is 11.6. The van der Waals surface area contributed by atoms with Gasteiger partial charge < -0.3 is 14.7 Å². The van der Waals surface area contributed by atoms with Crippen molar-refractivity contribution in [2.75, 3.05) is 0 Å². The number of hydrogen-bond donors (Lipinski definition) is 1. The van der Waals surface area contributed by atoms with E-state index >= 15 is 0 Å². The molecule has 1 aliphatic rings. The van der Waals surface area contributed by atoms with E-state index in [4.69, 9.17) is 27.9 Å². The quantitative estimate of drug-likeness (QED) is 0.337. The Labute approximate surface area is 223 Å². The third-order valence-corrected chi connectivity index (χ3v) is 6.99. The van der Waals surface area contributed by atoms with Gasteiger partial charge in [0.15, 0.2) is 0 Å². The largest absolute Gasteiger partial charge is 0.480 e. The van der Waals surface area contributed by atoms with Crippen LogP contribution in [-0.2, 0) is 20.7 Å². The van der Waals surface area contributed by atoms with Crippen LogP contribution in [0.5, 0.6) is 0 Å². The van der Waals surface area contributed by atoms with Crippen LogP contribution in [0.25, 0.3) is 0 Å². The Morgan fingerprint density at radius 3 is 2.27 bits per heavy atom. The van der Waals surface area contributed by atoms with Gasteiger partial charge in [-0.05, 0) is 59.5 Å². The minimum Gasteiger partial charge on any atom is -0.480 e. The summed E-state index contributed by atoms with van der Waals surface area (Å²) in [6.07, 6.45) is -1.21. The third kappa shape index (κ3) is 5.95. The molecule has 9 heteroatoms. The number of nitrogens with zero attached hydrogens (tertiary/aromatic N) is 1. The number of carbonyl (C=O) groups excluding carboxylic acids is 1. The predicted molar refractivity (Wildman–Crippen MR) is 136 cm³/mol. The van der Waals surface area contributed by atoms with E-state index in [0.717, 1.165) is 0 Å². The van der Waals surface area contributed by atoms with Crippen LogP contribution in [0.4, 0.5) is 8.78 Å². The fraction of sp³-hybridized carbons (Fsp3) is 0.286. The first-order valence-corrected chi connectivity index (χ1v) is 12.6. The van der Waals surface area contributed by atoms with E-state index in [0.29, 0.717) is 28.1 Å². The maximum absolute atomic E-state index is 14.6. The topological polar surface area (TPSA) is 66.8 Å². The summed E-state index contributed by atoms with van der Waals surface area (Å²) in [5, 5.41) is 10.5. The lowest BCUT2D eigenvalue weighted by Gasteiger charge is -2.47. The summed E-state index contributed by atoms with van der Waals surface area (Å²) in [5.74, 6) is -2.76. The molecule has 194 valence electrons. The molecular weight excluding hydrogens is 523 g/mol. The Morgan fingerprint density at radius 1 is 1.03 bits per heavy atom. The highest BCUT2D eigenvalue weighted by atomic mass is 35.5. The van der Waals surface area contributed by atoms with Crippen molar-refractivity contribution in [2.45, 2.75) is 50.5 Å². The minimum absolute atomic E-state index is 0.0761. The van der Waals surface area contributed by atoms with Crippen LogP contribution in [0.15, 0.2) is 66.7 Å². The number of carbonyl (C=O) groups is 2. The van der Waals surface area contributed by atoms with E-state index < -0.39 is 47.8 Å². The Kier molecular flexibility index (Phi) is 8.47. The summed E-state index contributed by atoms with van der Waals surface area (Å²) in [7, 11) is 0. The predicted octanol–water partition coefficient (Wildman–Crippen LogP) is 6.78. The van der Waals surface area contributed by atoms with Gasteiger partial charge in [-0.2, -0.15) is 0 Å². The zero-order valence-electron chi connectivity index (χ0n) is 19.9. The highest BCUT2D eigenvalue weighted by molar-refractivity contribution is 6.30. The van der Waals surface area contributed by atoms with Crippen molar-refractivity contribution < 1.29 is 28.2 Å². The van der Waals surface area contributed by atoms with Crippen LogP contribution < -0.4 is 0 Å². The van der Waals surface area contributed by atoms with Gasteiger partial charge in [0.2, 0.25) is 0 Å². The average molecular weight is 548 g/mol. The zero-order chi connectivity index (χ0) is 26.7. The summed E-state index contributed by atoms with van der Waals surface area (Å²) < 4.78 is 34.4. The van der Waals surface area contributed by atoms with E-state index in [9.17, 15) is 23.5 Å².